The van der Waals surface area contributed by atoms with Gasteiger partial charge in [-0.05, 0) is 49.6 Å². The summed E-state index contributed by atoms with van der Waals surface area (Å²) in [7, 11) is -2.33. The number of nitrogens with zero attached hydrogens (tertiary/aromatic N) is 2. The number of nitrogens with one attached hydrogen (secondary N) is 1. The average Bonchev–Trinajstić information content (AvgIpc) is 2.70. The summed E-state index contributed by atoms with van der Waals surface area (Å²) >= 11 is 0. The van der Waals surface area contributed by atoms with Crippen molar-refractivity contribution in [1.29, 1.82) is 0 Å². The van der Waals surface area contributed by atoms with Crippen LogP contribution in [0.4, 0.5) is 10.1 Å². The van der Waals surface area contributed by atoms with E-state index in [1.54, 1.807) is 32.9 Å². The van der Waals surface area contributed by atoms with Crippen molar-refractivity contribution in [3.05, 3.63) is 65.0 Å². The molecular weight excluding hydrogens is 421 g/mol. The molecule has 7 nitrogen and oxygen atoms in total. The van der Waals surface area contributed by atoms with Gasteiger partial charge in [-0.1, -0.05) is 30.3 Å². The van der Waals surface area contributed by atoms with Crippen LogP contribution in [-0.2, 0) is 26.2 Å². The third-order valence-electron chi connectivity index (χ3n) is 5.05. The number of likely N-dealkylation sites (N-methyl/N-ethyl adjacent to an activating group) is 1. The second-order valence-corrected chi connectivity index (χ2v) is 9.36. The van der Waals surface area contributed by atoms with Gasteiger partial charge in [0.05, 0.1) is 11.9 Å². The molecule has 2 rings (SSSR count). The summed E-state index contributed by atoms with van der Waals surface area (Å²) in [5, 5.41) is 2.50. The van der Waals surface area contributed by atoms with Gasteiger partial charge in [-0.2, -0.15) is 0 Å². The van der Waals surface area contributed by atoms with Gasteiger partial charge in [0.15, 0.2) is 0 Å². The average molecular weight is 450 g/mol. The van der Waals surface area contributed by atoms with Crippen LogP contribution in [-0.4, -0.2) is 51.0 Å². The molecule has 2 amide bonds. The molecule has 0 aliphatic rings. The van der Waals surface area contributed by atoms with Crippen LogP contribution < -0.4 is 9.62 Å². The highest BCUT2D eigenvalue weighted by Crippen LogP contribution is 2.27. The predicted octanol–water partition coefficient (Wildman–Crippen LogP) is 2.37. The Labute approximate surface area is 182 Å². The van der Waals surface area contributed by atoms with Gasteiger partial charge in [-0.15, -0.1) is 0 Å². The standard InChI is InChI=1S/C22H28FN3O4S/c1-15-7-6-8-16(2)21(15)26(31(5,29)30)14-20(27)25(17(3)22(28)24-4)13-18-9-11-19(23)12-10-18/h6-12,17H,13-14H2,1-5H3,(H,24,28)/t17-/m0/s1. The number of halogens is 1. The van der Waals surface area contributed by atoms with E-state index in [0.29, 0.717) is 22.4 Å². The van der Waals surface area contributed by atoms with E-state index in [-0.39, 0.29) is 6.54 Å². The summed E-state index contributed by atoms with van der Waals surface area (Å²) in [6.07, 6.45) is 1.04. The van der Waals surface area contributed by atoms with Crippen LogP contribution in [0.2, 0.25) is 0 Å². The Balaban J connectivity index is 2.43. The van der Waals surface area contributed by atoms with Crippen LogP contribution in [0.1, 0.15) is 23.6 Å². The van der Waals surface area contributed by atoms with Crippen LogP contribution in [0, 0.1) is 19.7 Å². The Hall–Kier alpha value is -2.94. The maximum Gasteiger partial charge on any atom is 0.244 e. The van der Waals surface area contributed by atoms with Gasteiger partial charge in [-0.3, -0.25) is 13.9 Å². The van der Waals surface area contributed by atoms with E-state index in [1.807, 2.05) is 6.07 Å². The molecule has 168 valence electrons. The molecule has 31 heavy (non-hydrogen) atoms. The Morgan fingerprint density at radius 1 is 1.06 bits per heavy atom. The molecule has 9 heteroatoms. The van der Waals surface area contributed by atoms with Crippen molar-refractivity contribution in [2.45, 2.75) is 33.4 Å². The van der Waals surface area contributed by atoms with Crippen molar-refractivity contribution < 1.29 is 22.4 Å². The molecule has 1 N–H and O–H groups in total. The number of rotatable bonds is 8. The Morgan fingerprint density at radius 3 is 2.10 bits per heavy atom. The highest BCUT2D eigenvalue weighted by molar-refractivity contribution is 7.92. The summed E-state index contributed by atoms with van der Waals surface area (Å²) in [4.78, 5) is 26.9. The third kappa shape index (κ3) is 6.04. The van der Waals surface area contributed by atoms with Gasteiger partial charge in [0.1, 0.15) is 18.4 Å². The topological polar surface area (TPSA) is 86.8 Å². The molecule has 0 aliphatic carbocycles. The molecule has 0 radical (unpaired) electrons. The fourth-order valence-electron chi connectivity index (χ4n) is 3.35. The molecule has 0 spiro atoms. The highest BCUT2D eigenvalue weighted by atomic mass is 32.2. The minimum atomic E-state index is -3.79. The van der Waals surface area contributed by atoms with Gasteiger partial charge in [0, 0.05) is 13.6 Å². The monoisotopic (exact) mass is 449 g/mol. The third-order valence-corrected chi connectivity index (χ3v) is 6.16. The molecule has 2 aromatic carbocycles. The first-order valence-electron chi connectivity index (χ1n) is 9.75. The number of amides is 2. The van der Waals surface area contributed by atoms with E-state index in [2.05, 4.69) is 5.32 Å². The van der Waals surface area contributed by atoms with Crippen LogP contribution >= 0.6 is 0 Å². The summed E-state index contributed by atoms with van der Waals surface area (Å²) in [6.45, 7) is 4.66. The smallest absolute Gasteiger partial charge is 0.244 e. The minimum Gasteiger partial charge on any atom is -0.357 e. The maximum absolute atomic E-state index is 13.3. The number of para-hydroxylation sites is 1. The van der Waals surface area contributed by atoms with Crippen molar-refractivity contribution in [1.82, 2.24) is 10.2 Å². The molecule has 0 unspecified atom stereocenters. The number of hydrogen-bond acceptors (Lipinski definition) is 4. The Morgan fingerprint density at radius 2 is 1.61 bits per heavy atom. The van der Waals surface area contributed by atoms with E-state index >= 15 is 0 Å². The number of benzene rings is 2. The number of sulfonamides is 1. The number of carbonyl (C=O) groups excluding carboxylic acids is 2. The highest BCUT2D eigenvalue weighted by Gasteiger charge is 2.30. The SMILES string of the molecule is CNC(=O)[C@H](C)N(Cc1ccc(F)cc1)C(=O)CN(c1c(C)cccc1C)S(C)(=O)=O. The van der Waals surface area contributed by atoms with Crippen LogP contribution in [0.25, 0.3) is 0 Å². The van der Waals surface area contributed by atoms with E-state index in [0.717, 1.165) is 10.6 Å². The van der Waals surface area contributed by atoms with E-state index in [1.165, 1.54) is 36.2 Å². The lowest BCUT2D eigenvalue weighted by molar-refractivity contribution is -0.139. The fraction of sp³-hybridized carbons (Fsp3) is 0.364. The molecule has 0 saturated carbocycles. The quantitative estimate of drug-likeness (QED) is 0.670. The molecule has 0 heterocycles. The first kappa shape index (κ1) is 24.3. The van der Waals surface area contributed by atoms with Gasteiger partial charge < -0.3 is 10.2 Å². The lowest BCUT2D eigenvalue weighted by Crippen LogP contribution is -2.50. The van der Waals surface area contributed by atoms with Gasteiger partial charge >= 0.3 is 0 Å². The predicted molar refractivity (Wildman–Crippen MR) is 119 cm³/mol. The van der Waals surface area contributed by atoms with Crippen molar-refractivity contribution >= 4 is 27.5 Å². The van der Waals surface area contributed by atoms with Crippen LogP contribution in [0.5, 0.6) is 0 Å². The molecule has 0 aromatic heterocycles. The summed E-state index contributed by atoms with van der Waals surface area (Å²) < 4.78 is 39.5. The molecule has 0 saturated heterocycles. The van der Waals surface area contributed by atoms with E-state index in [9.17, 15) is 22.4 Å². The van der Waals surface area contributed by atoms with Crippen molar-refractivity contribution in [3.63, 3.8) is 0 Å². The Bertz CT molecular complexity index is 1030. The number of anilines is 1. The lowest BCUT2D eigenvalue weighted by Gasteiger charge is -2.32. The zero-order valence-electron chi connectivity index (χ0n) is 18.3. The normalized spacial score (nSPS) is 12.2. The number of hydrogen-bond donors (Lipinski definition) is 1. The first-order valence-corrected chi connectivity index (χ1v) is 11.6. The summed E-state index contributed by atoms with van der Waals surface area (Å²) in [6, 6.07) is 10.1. The molecule has 0 aliphatic heterocycles. The molecule has 2 aromatic rings. The zero-order chi connectivity index (χ0) is 23.3. The first-order chi connectivity index (χ1) is 14.5. The van der Waals surface area contributed by atoms with Crippen LogP contribution in [0.3, 0.4) is 0 Å². The van der Waals surface area contributed by atoms with E-state index < -0.39 is 40.2 Å². The van der Waals surface area contributed by atoms with Gasteiger partial charge in [0.2, 0.25) is 21.8 Å². The molecule has 0 bridgehead atoms. The summed E-state index contributed by atoms with van der Waals surface area (Å²) in [5.74, 6) is -1.36. The van der Waals surface area contributed by atoms with Gasteiger partial charge in [-0.25, -0.2) is 12.8 Å². The second-order valence-electron chi connectivity index (χ2n) is 7.45. The van der Waals surface area contributed by atoms with Crippen molar-refractivity contribution in [2.75, 3.05) is 24.2 Å². The maximum atomic E-state index is 13.3. The lowest BCUT2D eigenvalue weighted by atomic mass is 10.1. The van der Waals surface area contributed by atoms with Crippen molar-refractivity contribution in [3.8, 4) is 0 Å². The van der Waals surface area contributed by atoms with Crippen molar-refractivity contribution in [2.24, 2.45) is 0 Å². The second kappa shape index (κ2) is 9.91. The number of carbonyl (C=O) groups is 2. The largest absolute Gasteiger partial charge is 0.357 e. The fourth-order valence-corrected chi connectivity index (χ4v) is 4.32. The number of aryl methyl sites for hydroxylation is 2. The molecule has 0 fully saturated rings. The Kier molecular flexibility index (Phi) is 7.78. The summed E-state index contributed by atoms with van der Waals surface area (Å²) in [5.41, 5.74) is 2.47. The minimum absolute atomic E-state index is 0.0258. The van der Waals surface area contributed by atoms with E-state index in [4.69, 9.17) is 0 Å². The van der Waals surface area contributed by atoms with Crippen LogP contribution in [0.15, 0.2) is 42.5 Å². The molecular formula is C22H28FN3O4S. The molecule has 1 atom stereocenters. The zero-order valence-corrected chi connectivity index (χ0v) is 19.2. The van der Waals surface area contributed by atoms with Gasteiger partial charge in [0.25, 0.3) is 0 Å².